The molecule has 0 amide bonds. The fraction of sp³-hybridized carbons (Fsp3) is 0.583. The van der Waals surface area contributed by atoms with E-state index in [-0.39, 0.29) is 0 Å². The Morgan fingerprint density at radius 2 is 2.00 bits per heavy atom. The summed E-state index contributed by atoms with van der Waals surface area (Å²) in [6.45, 7) is 8.64. The normalized spacial score (nSPS) is 25.7. The minimum absolute atomic E-state index is 0.592. The van der Waals surface area contributed by atoms with Crippen molar-refractivity contribution in [1.82, 2.24) is 14.8 Å². The molecule has 0 aliphatic carbocycles. The van der Waals surface area contributed by atoms with E-state index < -0.39 is 0 Å². The van der Waals surface area contributed by atoms with Gasteiger partial charge in [0.05, 0.1) is 5.52 Å². The number of hydrogen-bond donors (Lipinski definition) is 0. The number of benzene rings is 1. The van der Waals surface area contributed by atoms with Crippen LogP contribution in [0, 0.1) is 11.8 Å². The van der Waals surface area contributed by atoms with Crippen LogP contribution in [0.25, 0.3) is 10.9 Å². The Morgan fingerprint density at radius 3 is 2.79 bits per heavy atom. The fourth-order valence-electron chi connectivity index (χ4n) is 5.26. The van der Waals surface area contributed by atoms with E-state index in [4.69, 9.17) is 0 Å². The van der Waals surface area contributed by atoms with E-state index in [9.17, 15) is 0 Å². The van der Waals surface area contributed by atoms with Gasteiger partial charge in [-0.1, -0.05) is 25.1 Å². The third kappa shape index (κ3) is 4.28. The number of aliphatic imine (C=N–C) groups is 1. The molecule has 2 aliphatic rings. The minimum atomic E-state index is 0.592. The molecule has 2 saturated heterocycles. The highest BCUT2D eigenvalue weighted by molar-refractivity contribution is 5.98. The van der Waals surface area contributed by atoms with E-state index >= 15 is 0 Å². The van der Waals surface area contributed by atoms with Gasteiger partial charge < -0.3 is 9.80 Å². The molecule has 4 heteroatoms. The molecular weight excluding hydrogens is 344 g/mol. The number of likely N-dealkylation sites (tertiary alicyclic amines) is 2. The van der Waals surface area contributed by atoms with E-state index in [0.717, 1.165) is 22.9 Å². The van der Waals surface area contributed by atoms with Crippen molar-refractivity contribution < 1.29 is 0 Å². The van der Waals surface area contributed by atoms with Gasteiger partial charge in [-0.15, -0.1) is 0 Å². The number of pyridine rings is 1. The highest BCUT2D eigenvalue weighted by Gasteiger charge is 2.29. The van der Waals surface area contributed by atoms with Crippen molar-refractivity contribution in [2.45, 2.75) is 32.1 Å². The van der Waals surface area contributed by atoms with Gasteiger partial charge in [-0.2, -0.15) is 0 Å². The van der Waals surface area contributed by atoms with Crippen molar-refractivity contribution in [3.05, 3.63) is 41.6 Å². The molecule has 4 rings (SSSR count). The maximum absolute atomic E-state index is 4.68. The first-order chi connectivity index (χ1) is 13.6. The van der Waals surface area contributed by atoms with Crippen molar-refractivity contribution in [2.75, 3.05) is 46.8 Å². The lowest BCUT2D eigenvalue weighted by atomic mass is 9.82. The number of hydrogen-bond acceptors (Lipinski definition) is 4. The van der Waals surface area contributed by atoms with Crippen LogP contribution in [0.15, 0.2) is 35.5 Å². The van der Waals surface area contributed by atoms with Crippen LogP contribution in [0.5, 0.6) is 0 Å². The van der Waals surface area contributed by atoms with Gasteiger partial charge in [0, 0.05) is 50.0 Å². The number of nitrogens with zero attached hydrogens (tertiary/aromatic N) is 4. The Hall–Kier alpha value is -1.78. The zero-order valence-electron chi connectivity index (χ0n) is 17.6. The number of rotatable bonds is 4. The molecule has 1 aromatic heterocycles. The van der Waals surface area contributed by atoms with Gasteiger partial charge in [-0.05, 0) is 68.8 Å². The maximum Gasteiger partial charge on any atom is 0.0792 e. The van der Waals surface area contributed by atoms with Crippen LogP contribution in [0.4, 0.5) is 0 Å². The number of piperidine rings is 2. The van der Waals surface area contributed by atoms with Crippen LogP contribution in [0.1, 0.15) is 43.2 Å². The summed E-state index contributed by atoms with van der Waals surface area (Å²) < 4.78 is 0. The third-order valence-electron chi connectivity index (χ3n) is 6.63. The molecular formula is C24H34N4. The summed E-state index contributed by atoms with van der Waals surface area (Å²) in [7, 11) is 4.08. The Bertz CT molecular complexity index is 822. The van der Waals surface area contributed by atoms with Gasteiger partial charge in [0.2, 0.25) is 0 Å². The van der Waals surface area contributed by atoms with Gasteiger partial charge in [-0.25, -0.2) is 0 Å². The molecule has 0 bridgehead atoms. The largest absolute Gasteiger partial charge is 0.306 e. The molecule has 2 aromatic rings. The van der Waals surface area contributed by atoms with Crippen molar-refractivity contribution in [3.8, 4) is 0 Å². The van der Waals surface area contributed by atoms with E-state index in [1.807, 2.05) is 19.5 Å². The summed E-state index contributed by atoms with van der Waals surface area (Å²) in [5.41, 5.74) is 3.68. The van der Waals surface area contributed by atoms with E-state index in [0.29, 0.717) is 5.92 Å². The second-order valence-corrected chi connectivity index (χ2v) is 9.03. The second-order valence-electron chi connectivity index (χ2n) is 9.03. The van der Waals surface area contributed by atoms with Crippen molar-refractivity contribution >= 4 is 17.1 Å². The first-order valence-corrected chi connectivity index (χ1v) is 10.8. The first-order valence-electron chi connectivity index (χ1n) is 10.8. The van der Waals surface area contributed by atoms with Crippen LogP contribution in [0.3, 0.4) is 0 Å². The molecule has 150 valence electrons. The second kappa shape index (κ2) is 8.71. The molecule has 2 fully saturated rings. The average Bonchev–Trinajstić information content (AvgIpc) is 2.70. The van der Waals surface area contributed by atoms with E-state index in [2.05, 4.69) is 58.0 Å². The number of fused-ring (bicyclic) bond motifs is 1. The van der Waals surface area contributed by atoms with Crippen LogP contribution >= 0.6 is 0 Å². The average molecular weight is 379 g/mol. The zero-order valence-corrected chi connectivity index (χ0v) is 17.6. The van der Waals surface area contributed by atoms with Gasteiger partial charge in [-0.3, -0.25) is 9.98 Å². The number of aromatic nitrogens is 1. The monoisotopic (exact) mass is 378 g/mol. The molecule has 0 radical (unpaired) electrons. The van der Waals surface area contributed by atoms with Crippen molar-refractivity contribution in [2.24, 2.45) is 16.8 Å². The molecule has 28 heavy (non-hydrogen) atoms. The summed E-state index contributed by atoms with van der Waals surface area (Å²) in [6.07, 6.45) is 7.80. The lowest BCUT2D eigenvalue weighted by molar-refractivity contribution is 0.114. The van der Waals surface area contributed by atoms with Crippen LogP contribution in [0.2, 0.25) is 0 Å². The molecule has 1 aromatic carbocycles. The summed E-state index contributed by atoms with van der Waals surface area (Å²) in [4.78, 5) is 14.1. The summed E-state index contributed by atoms with van der Waals surface area (Å²) in [6, 6.07) is 8.85. The SMILES string of the molecule is CN=Cc1ccc(C2CC(C)CN(CC3CCN(C)CC3)C2)c2cccnc12. The molecule has 3 heterocycles. The first kappa shape index (κ1) is 19.5. The molecule has 0 saturated carbocycles. The zero-order chi connectivity index (χ0) is 19.5. The third-order valence-corrected chi connectivity index (χ3v) is 6.63. The molecule has 4 nitrogen and oxygen atoms in total. The summed E-state index contributed by atoms with van der Waals surface area (Å²) in [5.74, 6) is 2.20. The highest BCUT2D eigenvalue weighted by atomic mass is 15.1. The smallest absolute Gasteiger partial charge is 0.0792 e. The topological polar surface area (TPSA) is 31.7 Å². The predicted octanol–water partition coefficient (Wildman–Crippen LogP) is 4.05. The van der Waals surface area contributed by atoms with E-state index in [1.165, 1.54) is 62.9 Å². The van der Waals surface area contributed by atoms with Crippen LogP contribution in [-0.4, -0.2) is 67.8 Å². The van der Waals surface area contributed by atoms with Crippen molar-refractivity contribution in [1.29, 1.82) is 0 Å². The predicted molar refractivity (Wildman–Crippen MR) is 118 cm³/mol. The lowest BCUT2D eigenvalue weighted by Gasteiger charge is -2.40. The molecule has 2 unspecified atom stereocenters. The lowest BCUT2D eigenvalue weighted by Crippen LogP contribution is -2.43. The molecule has 2 atom stereocenters. The van der Waals surface area contributed by atoms with E-state index in [1.54, 1.807) is 0 Å². The quantitative estimate of drug-likeness (QED) is 0.752. The van der Waals surface area contributed by atoms with Crippen LogP contribution < -0.4 is 0 Å². The Morgan fingerprint density at radius 1 is 1.18 bits per heavy atom. The van der Waals surface area contributed by atoms with Crippen molar-refractivity contribution in [3.63, 3.8) is 0 Å². The highest BCUT2D eigenvalue weighted by Crippen LogP contribution is 2.35. The minimum Gasteiger partial charge on any atom is -0.306 e. The maximum atomic E-state index is 4.68. The Labute approximate surface area is 169 Å². The Balaban J connectivity index is 1.56. The summed E-state index contributed by atoms with van der Waals surface area (Å²) in [5, 5.41) is 1.30. The molecule has 2 aliphatic heterocycles. The van der Waals surface area contributed by atoms with Gasteiger partial charge >= 0.3 is 0 Å². The summed E-state index contributed by atoms with van der Waals surface area (Å²) >= 11 is 0. The van der Waals surface area contributed by atoms with Crippen LogP contribution in [-0.2, 0) is 0 Å². The Kier molecular flexibility index (Phi) is 6.07. The van der Waals surface area contributed by atoms with Gasteiger partial charge in [0.25, 0.3) is 0 Å². The molecule has 0 N–H and O–H groups in total. The standard InChI is InChI=1S/C24H34N4/c1-18-13-21(17-28(15-18)16-19-8-11-27(3)12-9-19)22-7-6-20(14-25-2)24-23(22)5-4-10-26-24/h4-7,10,14,18-19,21H,8-9,11-13,15-17H2,1-3H3. The van der Waals surface area contributed by atoms with Gasteiger partial charge in [0.1, 0.15) is 0 Å². The molecule has 0 spiro atoms. The fourth-order valence-corrected chi connectivity index (χ4v) is 5.26. The van der Waals surface area contributed by atoms with Gasteiger partial charge in [0.15, 0.2) is 0 Å².